The van der Waals surface area contributed by atoms with Gasteiger partial charge >= 0.3 is 0 Å². The summed E-state index contributed by atoms with van der Waals surface area (Å²) in [6.45, 7) is 1.07. The molecule has 0 atom stereocenters. The molecule has 0 radical (unpaired) electrons. The second-order valence-corrected chi connectivity index (χ2v) is 6.10. The second kappa shape index (κ2) is 7.39. The first-order valence-corrected chi connectivity index (χ1v) is 8.49. The average Bonchev–Trinajstić information content (AvgIpc) is 3.40. The number of furan rings is 2. The Morgan fingerprint density at radius 1 is 0.923 bits per heavy atom. The number of aryl methyl sites for hydroxylation is 1. The van der Waals surface area contributed by atoms with Gasteiger partial charge in [-0.25, -0.2) is 0 Å². The maximum atomic E-state index is 12.8. The van der Waals surface area contributed by atoms with E-state index in [0.717, 1.165) is 28.6 Å². The van der Waals surface area contributed by atoms with Crippen molar-refractivity contribution in [2.45, 2.75) is 25.9 Å². The molecule has 0 N–H and O–H groups in total. The fraction of sp³-hybridized carbons (Fsp3) is 0.250. The highest BCUT2D eigenvalue weighted by molar-refractivity contribution is 5.76. The van der Waals surface area contributed by atoms with Gasteiger partial charge in [-0.3, -0.25) is 4.79 Å². The minimum absolute atomic E-state index is 0.0375. The molecule has 0 spiro atoms. The summed E-state index contributed by atoms with van der Waals surface area (Å²) in [7, 11) is 0. The third-order valence-electron chi connectivity index (χ3n) is 4.27. The van der Waals surface area contributed by atoms with E-state index in [1.54, 1.807) is 17.4 Å². The number of carbonyl (C=O) groups is 1. The Hall–Kier alpha value is -3.15. The van der Waals surface area contributed by atoms with Crippen LogP contribution in [0.1, 0.15) is 23.5 Å². The molecule has 1 amide bonds. The van der Waals surface area contributed by atoms with Crippen LogP contribution < -0.4 is 9.47 Å². The first-order chi connectivity index (χ1) is 12.8. The fourth-order valence-corrected chi connectivity index (χ4v) is 2.92. The largest absolute Gasteiger partial charge is 0.467 e. The summed E-state index contributed by atoms with van der Waals surface area (Å²) in [5.41, 5.74) is 1.04. The molecule has 6 heteroatoms. The molecule has 0 bridgehead atoms. The number of amides is 1. The van der Waals surface area contributed by atoms with E-state index in [0.29, 0.717) is 25.9 Å². The number of fused-ring (bicyclic) bond motifs is 1. The lowest BCUT2D eigenvalue weighted by molar-refractivity contribution is -0.133. The molecular formula is C20H19NO5. The van der Waals surface area contributed by atoms with Gasteiger partial charge in [-0.1, -0.05) is 6.07 Å². The molecule has 1 aliphatic heterocycles. The van der Waals surface area contributed by atoms with Crippen molar-refractivity contribution in [2.75, 3.05) is 6.79 Å². The van der Waals surface area contributed by atoms with Crippen LogP contribution in [-0.4, -0.2) is 17.6 Å². The summed E-state index contributed by atoms with van der Waals surface area (Å²) in [6.07, 6.45) is 4.23. The van der Waals surface area contributed by atoms with Crippen molar-refractivity contribution in [3.8, 4) is 11.5 Å². The standard InChI is InChI=1S/C20H19NO5/c22-20(8-6-15-5-7-18-19(11-15)26-14-25-18)21(12-16-3-1-9-23-16)13-17-4-2-10-24-17/h1-5,7,9-11H,6,8,12-14H2. The van der Waals surface area contributed by atoms with Gasteiger partial charge in [0.25, 0.3) is 0 Å². The second-order valence-electron chi connectivity index (χ2n) is 6.10. The molecule has 134 valence electrons. The van der Waals surface area contributed by atoms with Crippen LogP contribution in [0.15, 0.2) is 63.8 Å². The van der Waals surface area contributed by atoms with Gasteiger partial charge in [0.2, 0.25) is 12.7 Å². The average molecular weight is 353 g/mol. The lowest BCUT2D eigenvalue weighted by Crippen LogP contribution is -2.30. The van der Waals surface area contributed by atoms with Gasteiger partial charge in [0.15, 0.2) is 11.5 Å². The number of rotatable bonds is 7. The number of nitrogens with zero attached hydrogens (tertiary/aromatic N) is 1. The molecule has 3 heterocycles. The fourth-order valence-electron chi connectivity index (χ4n) is 2.92. The van der Waals surface area contributed by atoms with Crippen molar-refractivity contribution in [1.29, 1.82) is 0 Å². The topological polar surface area (TPSA) is 65.1 Å². The third-order valence-corrected chi connectivity index (χ3v) is 4.27. The van der Waals surface area contributed by atoms with E-state index in [9.17, 15) is 4.79 Å². The Kier molecular flexibility index (Phi) is 4.64. The Bertz CT molecular complexity index is 818. The van der Waals surface area contributed by atoms with E-state index in [2.05, 4.69) is 0 Å². The normalized spacial score (nSPS) is 12.3. The van der Waals surface area contributed by atoms with E-state index in [1.165, 1.54) is 0 Å². The molecule has 0 unspecified atom stereocenters. The first-order valence-electron chi connectivity index (χ1n) is 8.49. The van der Waals surface area contributed by atoms with Crippen LogP contribution in [0.4, 0.5) is 0 Å². The van der Waals surface area contributed by atoms with Gasteiger partial charge in [0.1, 0.15) is 11.5 Å². The lowest BCUT2D eigenvalue weighted by atomic mass is 10.1. The Morgan fingerprint density at radius 2 is 1.62 bits per heavy atom. The van der Waals surface area contributed by atoms with Gasteiger partial charge in [0.05, 0.1) is 25.6 Å². The van der Waals surface area contributed by atoms with E-state index >= 15 is 0 Å². The number of hydrogen-bond donors (Lipinski definition) is 0. The number of ether oxygens (including phenoxy) is 2. The van der Waals surface area contributed by atoms with Crippen molar-refractivity contribution >= 4 is 5.91 Å². The summed E-state index contributed by atoms with van der Waals surface area (Å²) in [5.74, 6) is 3.01. The molecule has 0 saturated carbocycles. The molecule has 0 saturated heterocycles. The van der Waals surface area contributed by atoms with E-state index in [-0.39, 0.29) is 12.7 Å². The van der Waals surface area contributed by atoms with Crippen molar-refractivity contribution in [3.05, 3.63) is 72.1 Å². The number of benzene rings is 1. The molecule has 3 aromatic rings. The highest BCUT2D eigenvalue weighted by Crippen LogP contribution is 2.32. The van der Waals surface area contributed by atoms with E-state index < -0.39 is 0 Å². The van der Waals surface area contributed by atoms with E-state index in [1.807, 2.05) is 42.5 Å². The summed E-state index contributed by atoms with van der Waals surface area (Å²) in [4.78, 5) is 14.5. The predicted molar refractivity (Wildman–Crippen MR) is 92.6 cm³/mol. The Labute approximate surface area is 150 Å². The zero-order chi connectivity index (χ0) is 17.8. The summed E-state index contributed by atoms with van der Waals surface area (Å²) in [6, 6.07) is 13.1. The summed E-state index contributed by atoms with van der Waals surface area (Å²) in [5, 5.41) is 0. The molecule has 1 aromatic carbocycles. The molecule has 6 nitrogen and oxygen atoms in total. The predicted octanol–water partition coefficient (Wildman–Crippen LogP) is 3.76. The van der Waals surface area contributed by atoms with Crippen LogP contribution in [-0.2, 0) is 24.3 Å². The molecule has 4 rings (SSSR count). The highest BCUT2D eigenvalue weighted by atomic mass is 16.7. The van der Waals surface area contributed by atoms with Gasteiger partial charge in [-0.15, -0.1) is 0 Å². The molecular weight excluding hydrogens is 334 g/mol. The van der Waals surface area contributed by atoms with Crippen LogP contribution in [0.5, 0.6) is 11.5 Å². The van der Waals surface area contributed by atoms with Crippen LogP contribution in [0.2, 0.25) is 0 Å². The lowest BCUT2D eigenvalue weighted by Gasteiger charge is -2.20. The molecule has 2 aromatic heterocycles. The molecule has 0 fully saturated rings. The first kappa shape index (κ1) is 16.3. The highest BCUT2D eigenvalue weighted by Gasteiger charge is 2.18. The number of carbonyl (C=O) groups excluding carboxylic acids is 1. The Morgan fingerprint density at radius 3 is 2.27 bits per heavy atom. The monoisotopic (exact) mass is 353 g/mol. The molecule has 0 aliphatic carbocycles. The quantitative estimate of drug-likeness (QED) is 0.647. The summed E-state index contributed by atoms with van der Waals surface area (Å²) >= 11 is 0. The SMILES string of the molecule is O=C(CCc1ccc2c(c1)OCO2)N(Cc1ccco1)Cc1ccco1. The molecule has 26 heavy (non-hydrogen) atoms. The van der Waals surface area contributed by atoms with Crippen LogP contribution in [0, 0.1) is 0 Å². The maximum Gasteiger partial charge on any atom is 0.231 e. The van der Waals surface area contributed by atoms with Crippen LogP contribution >= 0.6 is 0 Å². The van der Waals surface area contributed by atoms with Gasteiger partial charge < -0.3 is 23.2 Å². The van der Waals surface area contributed by atoms with Gasteiger partial charge in [-0.05, 0) is 48.4 Å². The number of hydrogen-bond acceptors (Lipinski definition) is 5. The minimum atomic E-state index is 0.0375. The van der Waals surface area contributed by atoms with E-state index in [4.69, 9.17) is 18.3 Å². The van der Waals surface area contributed by atoms with Gasteiger partial charge in [0, 0.05) is 6.42 Å². The van der Waals surface area contributed by atoms with Crippen molar-refractivity contribution in [2.24, 2.45) is 0 Å². The van der Waals surface area contributed by atoms with Crippen molar-refractivity contribution in [1.82, 2.24) is 4.90 Å². The van der Waals surface area contributed by atoms with Crippen LogP contribution in [0.25, 0.3) is 0 Å². The maximum absolute atomic E-state index is 12.8. The Balaban J connectivity index is 1.41. The van der Waals surface area contributed by atoms with Crippen LogP contribution in [0.3, 0.4) is 0 Å². The minimum Gasteiger partial charge on any atom is -0.467 e. The smallest absolute Gasteiger partial charge is 0.231 e. The summed E-state index contributed by atoms with van der Waals surface area (Å²) < 4.78 is 21.5. The van der Waals surface area contributed by atoms with Gasteiger partial charge in [-0.2, -0.15) is 0 Å². The zero-order valence-corrected chi connectivity index (χ0v) is 14.2. The van der Waals surface area contributed by atoms with Crippen molar-refractivity contribution < 1.29 is 23.1 Å². The van der Waals surface area contributed by atoms with Crippen molar-refractivity contribution in [3.63, 3.8) is 0 Å². The molecule has 1 aliphatic rings. The third kappa shape index (κ3) is 3.74. The zero-order valence-electron chi connectivity index (χ0n) is 14.2.